The summed E-state index contributed by atoms with van der Waals surface area (Å²) in [6.45, 7) is 12.4. The number of piperidine rings is 1. The number of hydrogen-bond donors (Lipinski definition) is 1. The summed E-state index contributed by atoms with van der Waals surface area (Å²) in [5, 5.41) is 0. The maximum Gasteiger partial charge on any atom is 0.280 e. The SMILES string of the molecule is COc1ccccc1N1CC[NH+]([C@H](C)C(=O)N2C[C@H](C)C[C@@H](C)C2)CC1. The molecule has 0 aliphatic carbocycles. The van der Waals surface area contributed by atoms with E-state index in [0.717, 1.165) is 50.7 Å². The number of para-hydroxylation sites is 2. The van der Waals surface area contributed by atoms with Gasteiger partial charge < -0.3 is 19.4 Å². The van der Waals surface area contributed by atoms with Gasteiger partial charge in [0.2, 0.25) is 0 Å². The van der Waals surface area contributed by atoms with Crippen LogP contribution in [-0.2, 0) is 4.79 Å². The standard InChI is InChI=1S/C21H33N3O2/c1-16-13-17(2)15-24(14-16)21(25)18(3)22-9-11-23(12-10-22)19-7-5-6-8-20(19)26-4/h5-8,16-18H,9-15H2,1-4H3/p+1/t16-,17-,18-/m1/s1. The van der Waals surface area contributed by atoms with Crippen molar-refractivity contribution < 1.29 is 14.4 Å². The van der Waals surface area contributed by atoms with Crippen molar-refractivity contribution in [2.24, 2.45) is 11.8 Å². The van der Waals surface area contributed by atoms with E-state index >= 15 is 0 Å². The third kappa shape index (κ3) is 4.14. The molecule has 144 valence electrons. The molecule has 5 nitrogen and oxygen atoms in total. The zero-order chi connectivity index (χ0) is 18.7. The fourth-order valence-electron chi connectivity index (χ4n) is 4.65. The summed E-state index contributed by atoms with van der Waals surface area (Å²) in [4.78, 5) is 18.9. The number of carbonyl (C=O) groups is 1. The summed E-state index contributed by atoms with van der Waals surface area (Å²) >= 11 is 0. The Bertz CT molecular complexity index is 603. The molecule has 3 rings (SSSR count). The summed E-state index contributed by atoms with van der Waals surface area (Å²) < 4.78 is 5.50. The molecule has 5 heteroatoms. The van der Waals surface area contributed by atoms with Crippen molar-refractivity contribution >= 4 is 11.6 Å². The molecule has 1 aromatic rings. The van der Waals surface area contributed by atoms with Crippen molar-refractivity contribution in [3.05, 3.63) is 24.3 Å². The molecule has 26 heavy (non-hydrogen) atoms. The molecule has 0 radical (unpaired) electrons. The average molecular weight is 361 g/mol. The normalized spacial score (nSPS) is 25.8. The van der Waals surface area contributed by atoms with Gasteiger partial charge in [0.05, 0.1) is 39.0 Å². The van der Waals surface area contributed by atoms with Gasteiger partial charge in [0.15, 0.2) is 6.04 Å². The number of methoxy groups -OCH3 is 1. The molecule has 1 aromatic carbocycles. The lowest BCUT2D eigenvalue weighted by molar-refractivity contribution is -0.915. The first kappa shape index (κ1) is 19.0. The largest absolute Gasteiger partial charge is 0.495 e. The zero-order valence-electron chi connectivity index (χ0n) is 16.7. The molecular formula is C21H34N3O2+. The average Bonchev–Trinajstić information content (AvgIpc) is 2.66. The van der Waals surface area contributed by atoms with Crippen LogP contribution in [0.25, 0.3) is 0 Å². The van der Waals surface area contributed by atoms with Crippen LogP contribution in [0.1, 0.15) is 27.2 Å². The predicted octanol–water partition coefficient (Wildman–Crippen LogP) is 1.29. The highest BCUT2D eigenvalue weighted by Crippen LogP contribution is 2.27. The number of hydrogen-bond acceptors (Lipinski definition) is 3. The lowest BCUT2D eigenvalue weighted by Gasteiger charge is -2.40. The summed E-state index contributed by atoms with van der Waals surface area (Å²) in [7, 11) is 1.72. The molecule has 2 heterocycles. The Morgan fingerprint density at radius 2 is 1.77 bits per heavy atom. The third-order valence-electron chi connectivity index (χ3n) is 5.99. The van der Waals surface area contributed by atoms with Crippen LogP contribution in [0.2, 0.25) is 0 Å². The van der Waals surface area contributed by atoms with E-state index in [0.29, 0.717) is 17.7 Å². The predicted molar refractivity (Wildman–Crippen MR) is 105 cm³/mol. The maximum atomic E-state index is 13.0. The molecule has 2 aliphatic heterocycles. The van der Waals surface area contributed by atoms with Crippen molar-refractivity contribution in [3.63, 3.8) is 0 Å². The Labute approximate surface area is 157 Å². The number of benzene rings is 1. The number of quaternary nitrogens is 1. The smallest absolute Gasteiger partial charge is 0.280 e. The van der Waals surface area contributed by atoms with Crippen molar-refractivity contribution in [1.29, 1.82) is 0 Å². The summed E-state index contributed by atoms with van der Waals surface area (Å²) in [5.41, 5.74) is 1.16. The van der Waals surface area contributed by atoms with Crippen LogP contribution in [0, 0.1) is 11.8 Å². The minimum Gasteiger partial charge on any atom is -0.495 e. The Morgan fingerprint density at radius 1 is 1.15 bits per heavy atom. The topological polar surface area (TPSA) is 37.2 Å². The Morgan fingerprint density at radius 3 is 2.38 bits per heavy atom. The van der Waals surface area contributed by atoms with Gasteiger partial charge in [-0.15, -0.1) is 0 Å². The number of piperazine rings is 1. The third-order valence-corrected chi connectivity index (χ3v) is 5.99. The van der Waals surface area contributed by atoms with E-state index in [1.807, 2.05) is 12.1 Å². The zero-order valence-corrected chi connectivity index (χ0v) is 16.7. The Hall–Kier alpha value is -1.75. The van der Waals surface area contributed by atoms with Gasteiger partial charge in [-0.3, -0.25) is 4.79 Å². The van der Waals surface area contributed by atoms with Gasteiger partial charge >= 0.3 is 0 Å². The van der Waals surface area contributed by atoms with Crippen molar-refractivity contribution in [2.75, 3.05) is 51.3 Å². The van der Waals surface area contributed by atoms with E-state index in [9.17, 15) is 4.79 Å². The first-order chi connectivity index (χ1) is 12.5. The van der Waals surface area contributed by atoms with Crippen LogP contribution in [0.4, 0.5) is 5.69 Å². The Balaban J connectivity index is 1.58. The van der Waals surface area contributed by atoms with E-state index < -0.39 is 0 Å². The minimum absolute atomic E-state index is 0.0484. The second-order valence-electron chi connectivity index (χ2n) is 8.23. The highest BCUT2D eigenvalue weighted by molar-refractivity contribution is 5.80. The number of amides is 1. The van der Waals surface area contributed by atoms with E-state index in [2.05, 4.69) is 42.7 Å². The molecule has 0 bridgehead atoms. The first-order valence-electron chi connectivity index (χ1n) is 10.0. The number of likely N-dealkylation sites (tertiary alicyclic amines) is 1. The molecule has 0 saturated carbocycles. The number of carbonyl (C=O) groups excluding carboxylic acids is 1. The van der Waals surface area contributed by atoms with Gasteiger partial charge in [0, 0.05) is 13.1 Å². The number of rotatable bonds is 4. The number of anilines is 1. The van der Waals surface area contributed by atoms with E-state index in [-0.39, 0.29) is 6.04 Å². The van der Waals surface area contributed by atoms with Crippen LogP contribution in [0.5, 0.6) is 5.75 Å². The fraction of sp³-hybridized carbons (Fsp3) is 0.667. The van der Waals surface area contributed by atoms with E-state index in [1.165, 1.54) is 11.3 Å². The van der Waals surface area contributed by atoms with Gasteiger partial charge in [-0.1, -0.05) is 26.0 Å². The molecule has 0 aromatic heterocycles. The lowest BCUT2D eigenvalue weighted by Crippen LogP contribution is -3.19. The first-order valence-corrected chi connectivity index (χ1v) is 10.0. The van der Waals surface area contributed by atoms with Gasteiger partial charge in [-0.2, -0.15) is 0 Å². The van der Waals surface area contributed by atoms with Gasteiger partial charge in [-0.05, 0) is 37.3 Å². The molecule has 1 amide bonds. The van der Waals surface area contributed by atoms with Crippen LogP contribution >= 0.6 is 0 Å². The number of nitrogens with zero attached hydrogens (tertiary/aromatic N) is 2. The molecule has 0 spiro atoms. The minimum atomic E-state index is 0.0484. The molecule has 0 unspecified atom stereocenters. The molecular weight excluding hydrogens is 326 g/mol. The van der Waals surface area contributed by atoms with Crippen LogP contribution in [0.15, 0.2) is 24.3 Å². The Kier molecular flexibility index (Phi) is 6.07. The van der Waals surface area contributed by atoms with E-state index in [4.69, 9.17) is 4.74 Å². The van der Waals surface area contributed by atoms with Crippen LogP contribution in [0.3, 0.4) is 0 Å². The highest BCUT2D eigenvalue weighted by atomic mass is 16.5. The van der Waals surface area contributed by atoms with E-state index in [1.54, 1.807) is 7.11 Å². The summed E-state index contributed by atoms with van der Waals surface area (Å²) in [6.07, 6.45) is 1.24. The monoisotopic (exact) mass is 360 g/mol. The van der Waals surface area contributed by atoms with Gasteiger partial charge in [0.1, 0.15) is 5.75 Å². The van der Waals surface area contributed by atoms with Crippen LogP contribution < -0.4 is 14.5 Å². The molecule has 1 N–H and O–H groups in total. The van der Waals surface area contributed by atoms with Crippen LogP contribution in [-0.4, -0.2) is 63.2 Å². The maximum absolute atomic E-state index is 13.0. The highest BCUT2D eigenvalue weighted by Gasteiger charge is 2.35. The lowest BCUT2D eigenvalue weighted by atomic mass is 9.91. The van der Waals surface area contributed by atoms with Gasteiger partial charge in [0.25, 0.3) is 5.91 Å². The second-order valence-corrected chi connectivity index (χ2v) is 8.23. The molecule has 2 fully saturated rings. The summed E-state index contributed by atoms with van der Waals surface area (Å²) in [5.74, 6) is 2.50. The number of nitrogens with one attached hydrogen (secondary N) is 1. The second kappa shape index (κ2) is 8.30. The quantitative estimate of drug-likeness (QED) is 0.879. The molecule has 2 aliphatic rings. The van der Waals surface area contributed by atoms with Crippen molar-refractivity contribution in [1.82, 2.24) is 4.90 Å². The molecule has 3 atom stereocenters. The fourth-order valence-corrected chi connectivity index (χ4v) is 4.65. The van der Waals surface area contributed by atoms with Crippen molar-refractivity contribution in [3.8, 4) is 5.75 Å². The van der Waals surface area contributed by atoms with Crippen molar-refractivity contribution in [2.45, 2.75) is 33.2 Å². The summed E-state index contributed by atoms with van der Waals surface area (Å²) in [6, 6.07) is 8.24. The molecule has 2 saturated heterocycles. The number of ether oxygens (including phenoxy) is 1. The van der Waals surface area contributed by atoms with Gasteiger partial charge in [-0.25, -0.2) is 0 Å².